The van der Waals surface area contributed by atoms with Gasteiger partial charge in [-0.2, -0.15) is 0 Å². The van der Waals surface area contributed by atoms with Crippen molar-refractivity contribution in [3.63, 3.8) is 0 Å². The number of imide groups is 1. The van der Waals surface area contributed by atoms with Gasteiger partial charge in [-0.1, -0.05) is 6.08 Å². The first-order valence-corrected chi connectivity index (χ1v) is 14.3. The van der Waals surface area contributed by atoms with Gasteiger partial charge in [-0.15, -0.1) is 0 Å². The van der Waals surface area contributed by atoms with Gasteiger partial charge in [0.15, 0.2) is 23.1 Å². The normalized spacial score (nSPS) is 17.3. The molecular weight excluding hydrogens is 562 g/mol. The molecule has 0 saturated carbocycles. The second kappa shape index (κ2) is 13.1. The largest absolute Gasteiger partial charge is 0.493 e. The van der Waals surface area contributed by atoms with Gasteiger partial charge in [0, 0.05) is 43.0 Å². The number of allylic oxidation sites excluding steroid dienone is 1. The Morgan fingerprint density at radius 2 is 1.34 bits per heavy atom. The third-order valence-electron chi connectivity index (χ3n) is 8.04. The van der Waals surface area contributed by atoms with Gasteiger partial charge in [-0.05, 0) is 79.2 Å². The number of carbonyl (C=O) groups is 4. The van der Waals surface area contributed by atoms with Gasteiger partial charge < -0.3 is 19.1 Å². The Balaban J connectivity index is 1.21. The summed E-state index contributed by atoms with van der Waals surface area (Å²) in [6.07, 6.45) is 3.21. The van der Waals surface area contributed by atoms with E-state index < -0.39 is 6.04 Å². The van der Waals surface area contributed by atoms with Crippen LogP contribution in [-0.4, -0.2) is 81.8 Å². The van der Waals surface area contributed by atoms with Crippen molar-refractivity contribution in [1.29, 1.82) is 0 Å². The van der Waals surface area contributed by atoms with Crippen molar-refractivity contribution in [2.45, 2.75) is 19.4 Å². The van der Waals surface area contributed by atoms with Crippen LogP contribution in [0.15, 0.2) is 66.7 Å². The molecule has 10 nitrogen and oxygen atoms in total. The van der Waals surface area contributed by atoms with E-state index in [1.807, 2.05) is 24.3 Å². The number of rotatable bonds is 10. The zero-order valence-corrected chi connectivity index (χ0v) is 25.2. The number of methoxy groups -OCH3 is 3. The fourth-order valence-corrected chi connectivity index (χ4v) is 5.61. The molecule has 0 spiro atoms. The average molecular weight is 598 g/mol. The summed E-state index contributed by atoms with van der Waals surface area (Å²) < 4.78 is 16.1. The zero-order valence-electron chi connectivity index (χ0n) is 25.2. The van der Waals surface area contributed by atoms with Crippen LogP contribution >= 0.6 is 0 Å². The Kier molecular flexibility index (Phi) is 9.10. The Morgan fingerprint density at radius 1 is 0.773 bits per heavy atom. The lowest BCUT2D eigenvalue weighted by Crippen LogP contribution is -2.52. The second-order valence-electron chi connectivity index (χ2n) is 10.6. The van der Waals surface area contributed by atoms with E-state index in [1.165, 1.54) is 32.3 Å². The molecule has 228 valence electrons. The van der Waals surface area contributed by atoms with Crippen molar-refractivity contribution in [1.82, 2.24) is 4.90 Å². The van der Waals surface area contributed by atoms with Crippen molar-refractivity contribution in [3.05, 3.63) is 83.4 Å². The van der Waals surface area contributed by atoms with Gasteiger partial charge in [0.05, 0.1) is 39.5 Å². The van der Waals surface area contributed by atoms with E-state index in [-0.39, 0.29) is 29.8 Å². The van der Waals surface area contributed by atoms with Gasteiger partial charge in [0.2, 0.25) is 11.7 Å². The molecule has 10 heteroatoms. The molecule has 2 aliphatic rings. The third kappa shape index (κ3) is 6.21. The minimum absolute atomic E-state index is 0.0286. The summed E-state index contributed by atoms with van der Waals surface area (Å²) in [5, 5.41) is 0. The van der Waals surface area contributed by atoms with E-state index >= 15 is 0 Å². The van der Waals surface area contributed by atoms with Crippen LogP contribution in [0.25, 0.3) is 6.08 Å². The molecule has 1 atom stereocenters. The molecule has 44 heavy (non-hydrogen) atoms. The highest BCUT2D eigenvalue weighted by Gasteiger charge is 2.43. The van der Waals surface area contributed by atoms with Gasteiger partial charge >= 0.3 is 0 Å². The van der Waals surface area contributed by atoms with E-state index in [2.05, 4.69) is 9.80 Å². The minimum Gasteiger partial charge on any atom is -0.493 e. The monoisotopic (exact) mass is 597 g/mol. The second-order valence-corrected chi connectivity index (χ2v) is 10.6. The van der Waals surface area contributed by atoms with E-state index in [4.69, 9.17) is 14.2 Å². The van der Waals surface area contributed by atoms with Gasteiger partial charge in [-0.3, -0.25) is 24.1 Å². The van der Waals surface area contributed by atoms with Crippen molar-refractivity contribution in [3.8, 4) is 17.2 Å². The molecule has 1 unspecified atom stereocenters. The summed E-state index contributed by atoms with van der Waals surface area (Å²) in [5.74, 6) is 0.686. The predicted octanol–water partition coefficient (Wildman–Crippen LogP) is 4.27. The molecule has 2 aliphatic heterocycles. The third-order valence-corrected chi connectivity index (χ3v) is 8.04. The SMILES string of the molecule is COc1cc(/C=C/C(=O)c2ccc(N3C(=O)CC(N4CCN(c5ccc(C(C)=O)cc5)CC4)C3=O)cc2)cc(OC)c1OC. The summed E-state index contributed by atoms with van der Waals surface area (Å²) in [6.45, 7) is 4.23. The summed E-state index contributed by atoms with van der Waals surface area (Å²) >= 11 is 0. The molecule has 2 fully saturated rings. The van der Waals surface area contributed by atoms with Crippen LogP contribution in [0.3, 0.4) is 0 Å². The van der Waals surface area contributed by atoms with E-state index in [1.54, 1.807) is 49.4 Å². The molecule has 0 N–H and O–H groups in total. The first-order valence-electron chi connectivity index (χ1n) is 14.3. The smallest absolute Gasteiger partial charge is 0.251 e. The Morgan fingerprint density at radius 3 is 1.89 bits per heavy atom. The molecular formula is C34H35N3O7. The lowest BCUT2D eigenvalue weighted by atomic mass is 10.1. The van der Waals surface area contributed by atoms with E-state index in [9.17, 15) is 19.2 Å². The summed E-state index contributed by atoms with van der Waals surface area (Å²) in [7, 11) is 4.57. The van der Waals surface area contributed by atoms with E-state index in [0.29, 0.717) is 65.8 Å². The molecule has 2 amide bonds. The highest BCUT2D eigenvalue weighted by molar-refractivity contribution is 6.22. The number of anilines is 2. The Labute approximate surface area is 256 Å². The van der Waals surface area contributed by atoms with Crippen LogP contribution in [0.5, 0.6) is 17.2 Å². The topological polar surface area (TPSA) is 106 Å². The maximum atomic E-state index is 13.4. The van der Waals surface area contributed by atoms with Crippen LogP contribution in [0.4, 0.5) is 11.4 Å². The number of Topliss-reactive ketones (excluding diaryl/α,β-unsaturated/α-hetero) is 1. The number of ether oxygens (including phenoxy) is 3. The summed E-state index contributed by atoms with van der Waals surface area (Å²) in [5.41, 5.74) is 3.25. The fourth-order valence-electron chi connectivity index (χ4n) is 5.61. The summed E-state index contributed by atoms with van der Waals surface area (Å²) in [6, 6.07) is 17.0. The number of hydrogen-bond acceptors (Lipinski definition) is 9. The number of amides is 2. The lowest BCUT2D eigenvalue weighted by molar-refractivity contribution is -0.123. The van der Waals surface area contributed by atoms with Crippen LogP contribution < -0.4 is 24.0 Å². The van der Waals surface area contributed by atoms with E-state index in [0.717, 1.165) is 5.69 Å². The summed E-state index contributed by atoms with van der Waals surface area (Å²) in [4.78, 5) is 56.3. The first kappa shape index (κ1) is 30.5. The van der Waals surface area contributed by atoms with Crippen LogP contribution in [0.1, 0.15) is 39.6 Å². The predicted molar refractivity (Wildman–Crippen MR) is 167 cm³/mol. The average Bonchev–Trinajstić information content (AvgIpc) is 3.36. The van der Waals surface area contributed by atoms with Crippen LogP contribution in [0.2, 0.25) is 0 Å². The molecule has 2 saturated heterocycles. The minimum atomic E-state index is -0.521. The van der Waals surface area contributed by atoms with Gasteiger partial charge in [-0.25, -0.2) is 4.90 Å². The van der Waals surface area contributed by atoms with Crippen molar-refractivity contribution < 1.29 is 33.4 Å². The Bertz CT molecular complexity index is 1570. The Hall–Kier alpha value is -4.96. The van der Waals surface area contributed by atoms with Gasteiger partial charge in [0.1, 0.15) is 0 Å². The highest BCUT2D eigenvalue weighted by atomic mass is 16.5. The lowest BCUT2D eigenvalue weighted by Gasteiger charge is -2.38. The van der Waals surface area contributed by atoms with Crippen molar-refractivity contribution in [2.75, 3.05) is 57.3 Å². The highest BCUT2D eigenvalue weighted by Crippen LogP contribution is 2.38. The zero-order chi connectivity index (χ0) is 31.4. The number of piperazine rings is 1. The number of hydrogen-bond donors (Lipinski definition) is 0. The van der Waals surface area contributed by atoms with Crippen LogP contribution in [0, 0.1) is 0 Å². The van der Waals surface area contributed by atoms with Crippen molar-refractivity contribution in [2.24, 2.45) is 0 Å². The number of nitrogens with zero attached hydrogens (tertiary/aromatic N) is 3. The number of ketones is 2. The molecule has 0 radical (unpaired) electrons. The van der Waals surface area contributed by atoms with Crippen LogP contribution in [-0.2, 0) is 9.59 Å². The maximum absolute atomic E-state index is 13.4. The van der Waals surface area contributed by atoms with Crippen molar-refractivity contribution >= 4 is 40.8 Å². The number of benzene rings is 3. The molecule has 0 bridgehead atoms. The fraction of sp³-hybridized carbons (Fsp3) is 0.294. The molecule has 0 aromatic heterocycles. The molecule has 0 aliphatic carbocycles. The number of carbonyl (C=O) groups excluding carboxylic acids is 4. The quantitative estimate of drug-likeness (QED) is 0.193. The first-order chi connectivity index (χ1) is 21.2. The standard InChI is InChI=1S/C34H35N3O7/c1-22(38)24-6-10-26(11-7-24)35-15-17-36(18-16-35)28-21-32(40)37(34(28)41)27-12-8-25(9-13-27)29(39)14-5-23-19-30(42-2)33(44-4)31(20-23)43-3/h5-14,19-20,28H,15-18,21H2,1-4H3/b14-5+. The molecule has 5 rings (SSSR count). The molecule has 2 heterocycles. The molecule has 3 aromatic carbocycles. The molecule has 3 aromatic rings. The maximum Gasteiger partial charge on any atom is 0.251 e. The van der Waals surface area contributed by atoms with Gasteiger partial charge in [0.25, 0.3) is 5.91 Å².